The summed E-state index contributed by atoms with van der Waals surface area (Å²) in [6, 6.07) is 6.56. The van der Waals surface area contributed by atoms with Gasteiger partial charge in [-0.05, 0) is 31.2 Å². The van der Waals surface area contributed by atoms with Gasteiger partial charge in [0.25, 0.3) is 0 Å². The molecule has 1 aliphatic rings. The lowest BCUT2D eigenvalue weighted by Crippen LogP contribution is -2.24. The second kappa shape index (κ2) is 5.26. The molecule has 0 saturated heterocycles. The van der Waals surface area contributed by atoms with E-state index in [4.69, 9.17) is 32.7 Å². The zero-order chi connectivity index (χ0) is 15.0. The van der Waals surface area contributed by atoms with Crippen molar-refractivity contribution in [3.63, 3.8) is 0 Å². The second-order valence-electron chi connectivity index (χ2n) is 4.94. The van der Waals surface area contributed by atoms with Gasteiger partial charge in [0.2, 0.25) is 0 Å². The summed E-state index contributed by atoms with van der Waals surface area (Å²) in [6.45, 7) is 1.29. The number of rotatable bonds is 5. The minimum Gasteiger partial charge on any atom is -0.497 e. The smallest absolute Gasteiger partial charge is 0.315 e. The van der Waals surface area contributed by atoms with Gasteiger partial charge in [-0.25, -0.2) is 0 Å². The summed E-state index contributed by atoms with van der Waals surface area (Å²) >= 11 is 11.7. The highest BCUT2D eigenvalue weighted by Crippen LogP contribution is 2.64. The minimum atomic E-state index is -1.09. The van der Waals surface area contributed by atoms with Crippen molar-refractivity contribution in [2.45, 2.75) is 17.7 Å². The first-order chi connectivity index (χ1) is 9.30. The summed E-state index contributed by atoms with van der Waals surface area (Å²) in [7, 11) is 1.54. The Kier molecular flexibility index (Phi) is 3.98. The molecule has 1 aromatic rings. The molecular weight excluding hydrogens is 303 g/mol. The van der Waals surface area contributed by atoms with Gasteiger partial charge in [-0.1, -0.05) is 0 Å². The van der Waals surface area contributed by atoms with Crippen LogP contribution >= 0.6 is 23.2 Å². The van der Waals surface area contributed by atoms with Crippen LogP contribution in [0.25, 0.3) is 0 Å². The first kappa shape index (κ1) is 15.1. The van der Waals surface area contributed by atoms with Crippen LogP contribution in [0.5, 0.6) is 5.75 Å². The molecule has 0 amide bonds. The molecule has 2 rings (SSSR count). The highest BCUT2D eigenvalue weighted by Gasteiger charge is 2.69. The Hall–Kier alpha value is -1.26. The summed E-state index contributed by atoms with van der Waals surface area (Å²) in [5.41, 5.74) is -0.474. The maximum absolute atomic E-state index is 11.9. The first-order valence-electron chi connectivity index (χ1n) is 6.02. The van der Waals surface area contributed by atoms with Crippen molar-refractivity contribution in [2.24, 2.45) is 5.41 Å². The molecule has 0 aromatic heterocycles. The van der Waals surface area contributed by atoms with Crippen molar-refractivity contribution in [1.82, 2.24) is 0 Å². The molecule has 0 spiro atoms. The third-order valence-corrected chi connectivity index (χ3v) is 4.56. The van der Waals surface area contributed by atoms with Crippen molar-refractivity contribution in [1.29, 1.82) is 0 Å². The molecule has 0 N–H and O–H groups in total. The Morgan fingerprint density at radius 3 is 2.25 bits per heavy atom. The number of ether oxygens (including phenoxy) is 2. The topological polar surface area (TPSA) is 52.6 Å². The fourth-order valence-corrected chi connectivity index (χ4v) is 2.46. The number of methoxy groups -OCH3 is 1. The lowest BCUT2D eigenvalue weighted by molar-refractivity contribution is -0.148. The van der Waals surface area contributed by atoms with Crippen molar-refractivity contribution >= 4 is 35.0 Å². The molecule has 1 fully saturated rings. The molecular formula is C14H14Cl2O4. The number of carbonyl (C=O) groups is 2. The third-order valence-electron chi connectivity index (χ3n) is 3.45. The van der Waals surface area contributed by atoms with Crippen LogP contribution < -0.4 is 4.74 Å². The summed E-state index contributed by atoms with van der Waals surface area (Å²) < 4.78 is 8.90. The fraction of sp³-hybridized carbons (Fsp3) is 0.429. The summed E-state index contributed by atoms with van der Waals surface area (Å²) in [5, 5.41) is 0. The number of esters is 1. The van der Waals surface area contributed by atoms with Crippen molar-refractivity contribution in [2.75, 3.05) is 13.7 Å². The van der Waals surface area contributed by atoms with Crippen LogP contribution in [0.3, 0.4) is 0 Å². The molecule has 20 heavy (non-hydrogen) atoms. The van der Waals surface area contributed by atoms with E-state index in [1.54, 1.807) is 38.3 Å². The van der Waals surface area contributed by atoms with E-state index in [0.717, 1.165) is 0 Å². The van der Waals surface area contributed by atoms with Gasteiger partial charge < -0.3 is 9.47 Å². The molecule has 1 aliphatic carbocycles. The molecule has 4 nitrogen and oxygen atoms in total. The van der Waals surface area contributed by atoms with Crippen LogP contribution in [0.1, 0.15) is 23.7 Å². The number of alkyl halides is 2. The van der Waals surface area contributed by atoms with E-state index in [2.05, 4.69) is 0 Å². The van der Waals surface area contributed by atoms with E-state index >= 15 is 0 Å². The lowest BCUT2D eigenvalue weighted by atomic mass is 10.1. The molecule has 1 atom stereocenters. The Morgan fingerprint density at radius 2 is 1.80 bits per heavy atom. The predicted molar refractivity (Wildman–Crippen MR) is 75.4 cm³/mol. The molecule has 1 unspecified atom stereocenters. The lowest BCUT2D eigenvalue weighted by Gasteiger charge is -2.11. The standard InChI is InChI=1S/C14H14Cl2O4/c1-13(8-14(13,15)16)12(18)20-7-11(17)9-3-5-10(19-2)6-4-9/h3-6H,7-8H2,1-2H3. The molecule has 1 saturated carbocycles. The molecule has 108 valence electrons. The number of hydrogen-bond donors (Lipinski definition) is 0. The van der Waals surface area contributed by atoms with Crippen LogP contribution in [0.15, 0.2) is 24.3 Å². The quantitative estimate of drug-likeness (QED) is 0.476. The van der Waals surface area contributed by atoms with Gasteiger partial charge in [-0.3, -0.25) is 9.59 Å². The summed E-state index contributed by atoms with van der Waals surface area (Å²) in [4.78, 5) is 23.7. The zero-order valence-corrected chi connectivity index (χ0v) is 12.6. The van der Waals surface area contributed by atoms with Crippen molar-refractivity contribution in [3.05, 3.63) is 29.8 Å². The van der Waals surface area contributed by atoms with E-state index in [0.29, 0.717) is 17.7 Å². The average molecular weight is 317 g/mol. The van der Waals surface area contributed by atoms with E-state index in [1.165, 1.54) is 0 Å². The normalized spacial score (nSPS) is 23.0. The van der Waals surface area contributed by atoms with Crippen molar-refractivity contribution in [3.8, 4) is 5.75 Å². The van der Waals surface area contributed by atoms with Gasteiger partial charge >= 0.3 is 5.97 Å². The highest BCUT2D eigenvalue weighted by molar-refractivity contribution is 6.53. The maximum atomic E-state index is 11.9. The number of halogens is 2. The van der Waals surface area contributed by atoms with Crippen LogP contribution in [0.4, 0.5) is 0 Å². The largest absolute Gasteiger partial charge is 0.497 e. The van der Waals surface area contributed by atoms with E-state index in [-0.39, 0.29) is 12.4 Å². The number of carbonyl (C=O) groups excluding carboxylic acids is 2. The molecule has 6 heteroatoms. The number of Topliss-reactive ketones (excluding diaryl/α,β-unsaturated/α-hetero) is 1. The van der Waals surface area contributed by atoms with E-state index in [1.807, 2.05) is 0 Å². The van der Waals surface area contributed by atoms with Gasteiger partial charge in [-0.2, -0.15) is 0 Å². The molecule has 1 aromatic carbocycles. The number of ketones is 1. The monoisotopic (exact) mass is 316 g/mol. The van der Waals surface area contributed by atoms with Gasteiger partial charge in [-0.15, -0.1) is 23.2 Å². The Balaban J connectivity index is 1.91. The van der Waals surface area contributed by atoms with Crippen LogP contribution in [0, 0.1) is 5.41 Å². The Bertz CT molecular complexity index is 539. The summed E-state index contributed by atoms with van der Waals surface area (Å²) in [5.74, 6) is -0.192. The maximum Gasteiger partial charge on any atom is 0.315 e. The predicted octanol–water partition coefficient (Wildman–Crippen LogP) is 3.01. The van der Waals surface area contributed by atoms with Crippen molar-refractivity contribution < 1.29 is 19.1 Å². The fourth-order valence-electron chi connectivity index (χ4n) is 1.77. The highest BCUT2D eigenvalue weighted by atomic mass is 35.5. The van der Waals surface area contributed by atoms with Gasteiger partial charge in [0.1, 0.15) is 15.5 Å². The molecule has 0 radical (unpaired) electrons. The minimum absolute atomic E-state index is 0.292. The average Bonchev–Trinajstić information content (AvgIpc) is 2.96. The first-order valence-corrected chi connectivity index (χ1v) is 6.78. The molecule has 0 heterocycles. The molecule has 0 bridgehead atoms. The molecule has 0 aliphatic heterocycles. The summed E-state index contributed by atoms with van der Waals surface area (Å²) in [6.07, 6.45) is 0.332. The van der Waals surface area contributed by atoms with E-state index < -0.39 is 15.7 Å². The van der Waals surface area contributed by atoms with Crippen LogP contribution in [-0.2, 0) is 9.53 Å². The Labute approximate surface area is 127 Å². The number of hydrogen-bond acceptors (Lipinski definition) is 4. The van der Waals surface area contributed by atoms with Gasteiger partial charge in [0.05, 0.1) is 7.11 Å². The van der Waals surface area contributed by atoms with Gasteiger partial charge in [0, 0.05) is 12.0 Å². The van der Waals surface area contributed by atoms with Crippen LogP contribution in [0.2, 0.25) is 0 Å². The van der Waals surface area contributed by atoms with E-state index in [9.17, 15) is 9.59 Å². The SMILES string of the molecule is COc1ccc(C(=O)COC(=O)C2(C)CC2(Cl)Cl)cc1. The van der Waals surface area contributed by atoms with Crippen LogP contribution in [-0.4, -0.2) is 29.8 Å². The second-order valence-corrected chi connectivity index (χ2v) is 6.43. The van der Waals surface area contributed by atoms with Gasteiger partial charge in [0.15, 0.2) is 12.4 Å². The number of benzene rings is 1. The Morgan fingerprint density at radius 1 is 1.25 bits per heavy atom. The third kappa shape index (κ3) is 2.76. The zero-order valence-electron chi connectivity index (χ0n) is 11.1.